The van der Waals surface area contributed by atoms with Crippen LogP contribution in [0.4, 0.5) is 0 Å². The first kappa shape index (κ1) is 16.7. The predicted molar refractivity (Wildman–Crippen MR) is 92.9 cm³/mol. The number of H-pyrrole nitrogens is 1. The van der Waals surface area contributed by atoms with Gasteiger partial charge in [0.15, 0.2) is 0 Å². The standard InChI is InChI=1S/C17H22N4O2S/c22-16(4-1-3-14-11-18-19-12-14)20-6-2-7-21(9-8-20)17(23)15-5-10-24-13-15/h5,10-13H,1-4,6-9H2,(H,18,19). The summed E-state index contributed by atoms with van der Waals surface area (Å²) in [6.07, 6.45) is 6.73. The summed E-state index contributed by atoms with van der Waals surface area (Å²) >= 11 is 1.53. The second-order valence-corrected chi connectivity index (χ2v) is 6.78. The Morgan fingerprint density at radius 2 is 2.04 bits per heavy atom. The third kappa shape index (κ3) is 4.23. The number of nitrogens with zero attached hydrogens (tertiary/aromatic N) is 3. The summed E-state index contributed by atoms with van der Waals surface area (Å²) in [5.74, 6) is 0.258. The molecule has 0 radical (unpaired) electrons. The molecular weight excluding hydrogens is 324 g/mol. The minimum Gasteiger partial charge on any atom is -0.341 e. The van der Waals surface area contributed by atoms with Crippen LogP contribution in [0.25, 0.3) is 0 Å². The maximum Gasteiger partial charge on any atom is 0.254 e. The molecule has 0 spiro atoms. The van der Waals surface area contributed by atoms with Crippen LogP contribution in [0.2, 0.25) is 0 Å². The monoisotopic (exact) mass is 346 g/mol. The maximum atomic E-state index is 12.4. The Hall–Kier alpha value is -2.15. The highest BCUT2D eigenvalue weighted by molar-refractivity contribution is 7.08. The molecule has 0 aliphatic carbocycles. The van der Waals surface area contributed by atoms with Crippen molar-refractivity contribution < 1.29 is 9.59 Å². The van der Waals surface area contributed by atoms with Gasteiger partial charge in [-0.15, -0.1) is 0 Å². The van der Waals surface area contributed by atoms with Gasteiger partial charge in [0.25, 0.3) is 5.91 Å². The Morgan fingerprint density at radius 1 is 1.21 bits per heavy atom. The Bertz CT molecular complexity index is 654. The number of thiophene rings is 1. The summed E-state index contributed by atoms with van der Waals surface area (Å²) < 4.78 is 0. The number of nitrogens with one attached hydrogen (secondary N) is 1. The fourth-order valence-corrected chi connectivity index (χ4v) is 3.58. The van der Waals surface area contributed by atoms with E-state index in [9.17, 15) is 9.59 Å². The number of carbonyl (C=O) groups is 2. The number of aromatic amines is 1. The second-order valence-electron chi connectivity index (χ2n) is 6.00. The van der Waals surface area contributed by atoms with Gasteiger partial charge >= 0.3 is 0 Å². The number of hydrogen-bond acceptors (Lipinski definition) is 4. The molecule has 24 heavy (non-hydrogen) atoms. The zero-order valence-electron chi connectivity index (χ0n) is 13.6. The van der Waals surface area contributed by atoms with Crippen molar-refractivity contribution in [3.8, 4) is 0 Å². The van der Waals surface area contributed by atoms with Gasteiger partial charge in [-0.3, -0.25) is 14.7 Å². The van der Waals surface area contributed by atoms with Gasteiger partial charge in [0.05, 0.1) is 11.8 Å². The topological polar surface area (TPSA) is 69.3 Å². The molecule has 0 bridgehead atoms. The third-order valence-electron chi connectivity index (χ3n) is 4.31. The number of rotatable bonds is 5. The van der Waals surface area contributed by atoms with Gasteiger partial charge in [-0.25, -0.2) is 0 Å². The van der Waals surface area contributed by atoms with Gasteiger partial charge in [0.2, 0.25) is 5.91 Å². The first-order chi connectivity index (χ1) is 11.7. The Morgan fingerprint density at radius 3 is 2.79 bits per heavy atom. The fraction of sp³-hybridized carbons (Fsp3) is 0.471. The Labute approximate surface area is 145 Å². The van der Waals surface area contributed by atoms with E-state index in [0.29, 0.717) is 26.1 Å². The first-order valence-corrected chi connectivity index (χ1v) is 9.25. The number of aryl methyl sites for hydroxylation is 1. The molecule has 0 unspecified atom stereocenters. The van der Waals surface area contributed by atoms with Crippen molar-refractivity contribution in [2.24, 2.45) is 0 Å². The van der Waals surface area contributed by atoms with Crippen molar-refractivity contribution in [2.75, 3.05) is 26.2 Å². The zero-order chi connectivity index (χ0) is 16.8. The van der Waals surface area contributed by atoms with E-state index < -0.39 is 0 Å². The molecule has 2 amide bonds. The highest BCUT2D eigenvalue weighted by atomic mass is 32.1. The van der Waals surface area contributed by atoms with E-state index in [1.807, 2.05) is 32.8 Å². The lowest BCUT2D eigenvalue weighted by atomic mass is 10.1. The minimum absolute atomic E-state index is 0.0745. The van der Waals surface area contributed by atoms with Crippen LogP contribution in [0.15, 0.2) is 29.2 Å². The van der Waals surface area contributed by atoms with E-state index in [0.717, 1.165) is 36.9 Å². The summed E-state index contributed by atoms with van der Waals surface area (Å²) in [6, 6.07) is 1.86. The number of carbonyl (C=O) groups excluding carboxylic acids is 2. The molecule has 0 saturated carbocycles. The van der Waals surface area contributed by atoms with Crippen LogP contribution in [-0.2, 0) is 11.2 Å². The van der Waals surface area contributed by atoms with E-state index in [-0.39, 0.29) is 11.8 Å². The average Bonchev–Trinajstić information content (AvgIpc) is 3.24. The van der Waals surface area contributed by atoms with Gasteiger partial charge in [-0.05, 0) is 36.3 Å². The number of amides is 2. The number of hydrogen-bond donors (Lipinski definition) is 1. The van der Waals surface area contributed by atoms with E-state index in [2.05, 4.69) is 10.2 Å². The molecule has 3 heterocycles. The highest BCUT2D eigenvalue weighted by Crippen LogP contribution is 2.13. The third-order valence-corrected chi connectivity index (χ3v) is 5.00. The van der Waals surface area contributed by atoms with Crippen molar-refractivity contribution in [3.05, 3.63) is 40.3 Å². The average molecular weight is 346 g/mol. The molecule has 6 nitrogen and oxygen atoms in total. The van der Waals surface area contributed by atoms with Crippen LogP contribution < -0.4 is 0 Å². The lowest BCUT2D eigenvalue weighted by Gasteiger charge is -2.22. The zero-order valence-corrected chi connectivity index (χ0v) is 14.4. The van der Waals surface area contributed by atoms with Crippen LogP contribution in [-0.4, -0.2) is 58.0 Å². The molecule has 1 saturated heterocycles. The van der Waals surface area contributed by atoms with E-state index in [1.54, 1.807) is 6.20 Å². The smallest absolute Gasteiger partial charge is 0.254 e. The predicted octanol–water partition coefficient (Wildman–Crippen LogP) is 2.17. The molecule has 2 aromatic heterocycles. The van der Waals surface area contributed by atoms with E-state index in [1.165, 1.54) is 11.3 Å². The Kier molecular flexibility index (Phi) is 5.63. The van der Waals surface area contributed by atoms with Gasteiger partial charge in [0, 0.05) is 44.2 Å². The Balaban J connectivity index is 1.46. The lowest BCUT2D eigenvalue weighted by Crippen LogP contribution is -2.37. The molecule has 7 heteroatoms. The molecule has 1 fully saturated rings. The normalized spacial score (nSPS) is 15.3. The van der Waals surface area contributed by atoms with Crippen molar-refractivity contribution in [1.29, 1.82) is 0 Å². The summed E-state index contributed by atoms with van der Waals surface area (Å²) in [5, 5.41) is 10.5. The molecule has 2 aromatic rings. The fourth-order valence-electron chi connectivity index (χ4n) is 2.95. The summed E-state index contributed by atoms with van der Waals surface area (Å²) in [7, 11) is 0. The molecule has 1 N–H and O–H groups in total. The summed E-state index contributed by atoms with van der Waals surface area (Å²) in [4.78, 5) is 28.6. The molecule has 3 rings (SSSR count). The first-order valence-electron chi connectivity index (χ1n) is 8.31. The molecule has 128 valence electrons. The summed E-state index contributed by atoms with van der Waals surface area (Å²) in [6.45, 7) is 2.69. The lowest BCUT2D eigenvalue weighted by molar-refractivity contribution is -0.131. The van der Waals surface area contributed by atoms with Crippen LogP contribution in [0.1, 0.15) is 35.2 Å². The van der Waals surface area contributed by atoms with Gasteiger partial charge in [0.1, 0.15) is 0 Å². The van der Waals surface area contributed by atoms with Crippen LogP contribution in [0, 0.1) is 0 Å². The van der Waals surface area contributed by atoms with Crippen molar-refractivity contribution in [3.63, 3.8) is 0 Å². The number of aromatic nitrogens is 2. The second kappa shape index (κ2) is 8.10. The van der Waals surface area contributed by atoms with Crippen molar-refractivity contribution in [1.82, 2.24) is 20.0 Å². The largest absolute Gasteiger partial charge is 0.341 e. The quantitative estimate of drug-likeness (QED) is 0.902. The molecule has 1 aliphatic rings. The SMILES string of the molecule is O=C(CCCc1cn[nH]c1)N1CCCN(C(=O)c2ccsc2)CC1. The van der Waals surface area contributed by atoms with Crippen LogP contribution in [0.5, 0.6) is 0 Å². The van der Waals surface area contributed by atoms with Crippen LogP contribution in [0.3, 0.4) is 0 Å². The molecule has 0 aromatic carbocycles. The van der Waals surface area contributed by atoms with E-state index >= 15 is 0 Å². The molecule has 1 aliphatic heterocycles. The van der Waals surface area contributed by atoms with Gasteiger partial charge < -0.3 is 9.80 Å². The van der Waals surface area contributed by atoms with Gasteiger partial charge in [-0.2, -0.15) is 16.4 Å². The molecule has 0 atom stereocenters. The maximum absolute atomic E-state index is 12.4. The highest BCUT2D eigenvalue weighted by Gasteiger charge is 2.22. The van der Waals surface area contributed by atoms with Crippen LogP contribution >= 0.6 is 11.3 Å². The van der Waals surface area contributed by atoms with E-state index in [4.69, 9.17) is 0 Å². The van der Waals surface area contributed by atoms with Crippen molar-refractivity contribution in [2.45, 2.75) is 25.7 Å². The van der Waals surface area contributed by atoms with Gasteiger partial charge in [-0.1, -0.05) is 0 Å². The summed E-state index contributed by atoms with van der Waals surface area (Å²) in [5.41, 5.74) is 1.88. The molecular formula is C17H22N4O2S. The van der Waals surface area contributed by atoms with Crippen molar-refractivity contribution >= 4 is 23.2 Å². The minimum atomic E-state index is 0.0745.